The van der Waals surface area contributed by atoms with Gasteiger partial charge in [-0.2, -0.15) is 0 Å². The van der Waals surface area contributed by atoms with Crippen LogP contribution < -0.4 is 9.47 Å². The lowest BCUT2D eigenvalue weighted by molar-refractivity contribution is 0.111. The lowest BCUT2D eigenvalue weighted by Gasteiger charge is -2.10. The van der Waals surface area contributed by atoms with Crippen molar-refractivity contribution in [1.82, 2.24) is 0 Å². The van der Waals surface area contributed by atoms with Gasteiger partial charge in [-0.1, -0.05) is 11.6 Å². The molecule has 0 saturated heterocycles. The molecular weight excluding hydrogens is 220 g/mol. The number of carbonyl (C=O) groups excluding carboxylic acids is 1. The Labute approximate surface area is 91.4 Å². The Hall–Kier alpha value is -1.26. The summed E-state index contributed by atoms with van der Waals surface area (Å²) in [6, 6.07) is 1.52. The van der Waals surface area contributed by atoms with Gasteiger partial charge < -0.3 is 14.6 Å². The molecule has 2 rings (SSSR count). The minimum atomic E-state index is -0.723. The zero-order valence-electron chi connectivity index (χ0n) is 7.99. The van der Waals surface area contributed by atoms with Crippen LogP contribution in [0.4, 0.5) is 0 Å². The monoisotopic (exact) mass is 228 g/mol. The van der Waals surface area contributed by atoms with Gasteiger partial charge in [0, 0.05) is 5.56 Å². The quantitative estimate of drug-likeness (QED) is 0.786. The Bertz CT molecular complexity index is 414. The number of benzene rings is 1. The van der Waals surface area contributed by atoms with Crippen LogP contribution in [0.5, 0.6) is 11.5 Å². The molecule has 1 N–H and O–H groups in total. The number of aliphatic hydroxyl groups excluding tert-OH is 1. The molecule has 1 unspecified atom stereocenters. The number of carbonyl (C=O) groups is 1. The van der Waals surface area contributed by atoms with E-state index < -0.39 is 6.10 Å². The van der Waals surface area contributed by atoms with Gasteiger partial charge in [0.2, 0.25) is 6.79 Å². The summed E-state index contributed by atoms with van der Waals surface area (Å²) in [4.78, 5) is 10.8. The highest BCUT2D eigenvalue weighted by atomic mass is 35.5. The predicted octanol–water partition coefficient (Wildman–Crippen LogP) is 1.93. The summed E-state index contributed by atoms with van der Waals surface area (Å²) in [6.45, 7) is 1.63. The maximum absolute atomic E-state index is 10.8. The van der Waals surface area contributed by atoms with Crippen LogP contribution in [0, 0.1) is 0 Å². The van der Waals surface area contributed by atoms with Gasteiger partial charge in [0.05, 0.1) is 16.7 Å². The second-order valence-electron chi connectivity index (χ2n) is 3.22. The van der Waals surface area contributed by atoms with Gasteiger partial charge in [0.25, 0.3) is 0 Å². The van der Waals surface area contributed by atoms with Gasteiger partial charge in [0.15, 0.2) is 17.8 Å². The molecule has 0 bridgehead atoms. The molecule has 1 aliphatic rings. The smallest absolute Gasteiger partial charge is 0.231 e. The van der Waals surface area contributed by atoms with Crippen LogP contribution in [0.15, 0.2) is 6.07 Å². The maximum Gasteiger partial charge on any atom is 0.231 e. The van der Waals surface area contributed by atoms with Crippen LogP contribution in [0.1, 0.15) is 28.9 Å². The topological polar surface area (TPSA) is 55.8 Å². The highest BCUT2D eigenvalue weighted by Crippen LogP contribution is 2.43. The first kappa shape index (κ1) is 10.3. The second-order valence-corrected chi connectivity index (χ2v) is 3.63. The molecule has 1 atom stereocenters. The van der Waals surface area contributed by atoms with E-state index in [0.29, 0.717) is 23.3 Å². The van der Waals surface area contributed by atoms with E-state index >= 15 is 0 Å². The number of aldehydes is 1. The van der Waals surface area contributed by atoms with E-state index in [9.17, 15) is 9.90 Å². The van der Waals surface area contributed by atoms with Gasteiger partial charge in [-0.15, -0.1) is 0 Å². The maximum atomic E-state index is 10.8. The van der Waals surface area contributed by atoms with Crippen molar-refractivity contribution in [3.63, 3.8) is 0 Å². The van der Waals surface area contributed by atoms with Crippen LogP contribution in [0.3, 0.4) is 0 Å². The van der Waals surface area contributed by atoms with Crippen LogP contribution in [-0.2, 0) is 0 Å². The number of hydrogen-bond acceptors (Lipinski definition) is 4. The van der Waals surface area contributed by atoms with Gasteiger partial charge in [-0.25, -0.2) is 0 Å². The van der Waals surface area contributed by atoms with Crippen molar-refractivity contribution in [1.29, 1.82) is 0 Å². The molecule has 0 amide bonds. The van der Waals surface area contributed by atoms with Crippen LogP contribution in [-0.4, -0.2) is 18.2 Å². The van der Waals surface area contributed by atoms with Crippen LogP contribution in [0.25, 0.3) is 0 Å². The molecule has 0 fully saturated rings. The van der Waals surface area contributed by atoms with Gasteiger partial charge in [0.1, 0.15) is 0 Å². The Morgan fingerprint density at radius 1 is 1.53 bits per heavy atom. The van der Waals surface area contributed by atoms with Crippen molar-refractivity contribution < 1.29 is 19.4 Å². The molecule has 1 heterocycles. The first-order valence-corrected chi connectivity index (χ1v) is 4.78. The number of halogens is 1. The number of ether oxygens (including phenoxy) is 2. The van der Waals surface area contributed by atoms with Crippen molar-refractivity contribution in [3.8, 4) is 11.5 Å². The van der Waals surface area contributed by atoms with E-state index in [1.165, 1.54) is 6.07 Å². The third-order valence-corrected chi connectivity index (χ3v) is 2.54. The minimum Gasteiger partial charge on any atom is -0.453 e. The van der Waals surface area contributed by atoms with Crippen molar-refractivity contribution in [2.24, 2.45) is 0 Å². The summed E-state index contributed by atoms with van der Waals surface area (Å²) in [5.74, 6) is 0.713. The molecule has 80 valence electrons. The Balaban J connectivity index is 2.67. The normalized spacial score (nSPS) is 15.1. The van der Waals surface area contributed by atoms with E-state index in [0.717, 1.165) is 0 Å². The summed E-state index contributed by atoms with van der Waals surface area (Å²) in [5.41, 5.74) is 0.784. The van der Waals surface area contributed by atoms with Crippen molar-refractivity contribution >= 4 is 17.9 Å². The fourth-order valence-electron chi connectivity index (χ4n) is 1.50. The molecule has 0 aromatic heterocycles. The fourth-order valence-corrected chi connectivity index (χ4v) is 1.75. The van der Waals surface area contributed by atoms with E-state index in [-0.39, 0.29) is 17.4 Å². The Morgan fingerprint density at radius 2 is 2.20 bits per heavy atom. The second kappa shape index (κ2) is 3.72. The van der Waals surface area contributed by atoms with E-state index in [1.54, 1.807) is 6.92 Å². The van der Waals surface area contributed by atoms with Crippen molar-refractivity contribution in [2.75, 3.05) is 6.79 Å². The standard InChI is InChI=1S/C10H9ClO4/c1-5(13)6-2-8(11)7(3-12)10-9(6)14-4-15-10/h2-3,5,13H,4H2,1H3. The SMILES string of the molecule is CC(O)c1cc(Cl)c(C=O)c2c1OCO2. The molecule has 4 nitrogen and oxygen atoms in total. The minimum absolute atomic E-state index is 0.0379. The molecular formula is C10H9ClO4. The van der Waals surface area contributed by atoms with E-state index in [4.69, 9.17) is 21.1 Å². The molecule has 5 heteroatoms. The molecule has 1 aromatic carbocycles. The Kier molecular flexibility index (Phi) is 2.54. The van der Waals surface area contributed by atoms with Crippen LogP contribution >= 0.6 is 11.6 Å². The predicted molar refractivity (Wildman–Crippen MR) is 53.6 cm³/mol. The highest BCUT2D eigenvalue weighted by molar-refractivity contribution is 6.33. The van der Waals surface area contributed by atoms with Crippen molar-refractivity contribution in [2.45, 2.75) is 13.0 Å². The van der Waals surface area contributed by atoms with Gasteiger partial charge >= 0.3 is 0 Å². The first-order valence-electron chi connectivity index (χ1n) is 4.40. The third-order valence-electron chi connectivity index (χ3n) is 2.23. The number of fused-ring (bicyclic) bond motifs is 1. The molecule has 1 aliphatic heterocycles. The Morgan fingerprint density at radius 3 is 2.80 bits per heavy atom. The highest BCUT2D eigenvalue weighted by Gasteiger charge is 2.26. The molecule has 0 spiro atoms. The first-order chi connectivity index (χ1) is 7.15. The molecule has 0 aliphatic carbocycles. The summed E-state index contributed by atoms with van der Waals surface area (Å²) in [7, 11) is 0. The number of hydrogen-bond donors (Lipinski definition) is 1. The molecule has 0 radical (unpaired) electrons. The zero-order valence-corrected chi connectivity index (χ0v) is 8.75. The lowest BCUT2D eigenvalue weighted by Crippen LogP contribution is -1.96. The van der Waals surface area contributed by atoms with E-state index in [2.05, 4.69) is 0 Å². The molecule has 0 saturated carbocycles. The average molecular weight is 229 g/mol. The van der Waals surface area contributed by atoms with Gasteiger partial charge in [-0.05, 0) is 13.0 Å². The molecule has 1 aromatic rings. The summed E-state index contributed by atoms with van der Waals surface area (Å²) >= 11 is 5.88. The summed E-state index contributed by atoms with van der Waals surface area (Å²) in [5, 5.41) is 9.75. The average Bonchev–Trinajstić information content (AvgIpc) is 2.64. The summed E-state index contributed by atoms with van der Waals surface area (Å²) < 4.78 is 10.3. The third kappa shape index (κ3) is 1.56. The molecule has 15 heavy (non-hydrogen) atoms. The van der Waals surface area contributed by atoms with E-state index in [1.807, 2.05) is 0 Å². The van der Waals surface area contributed by atoms with Crippen molar-refractivity contribution in [3.05, 3.63) is 22.2 Å². The zero-order chi connectivity index (χ0) is 11.0. The van der Waals surface area contributed by atoms with Gasteiger partial charge in [-0.3, -0.25) is 4.79 Å². The largest absolute Gasteiger partial charge is 0.453 e. The van der Waals surface area contributed by atoms with Crippen LogP contribution in [0.2, 0.25) is 5.02 Å². The lowest BCUT2D eigenvalue weighted by atomic mass is 10.1. The number of rotatable bonds is 2. The number of aliphatic hydroxyl groups is 1. The fraction of sp³-hybridized carbons (Fsp3) is 0.300. The summed E-state index contributed by atoms with van der Waals surface area (Å²) in [6.07, 6.45) is -0.111.